The number of rotatable bonds is 6. The van der Waals surface area contributed by atoms with Crippen molar-refractivity contribution in [3.63, 3.8) is 0 Å². The predicted molar refractivity (Wildman–Crippen MR) is 122 cm³/mol. The second kappa shape index (κ2) is 8.93. The van der Waals surface area contributed by atoms with Crippen LogP contribution >= 0.6 is 15.9 Å². The average molecular weight is 478 g/mol. The van der Waals surface area contributed by atoms with Crippen molar-refractivity contribution in [2.24, 2.45) is 5.10 Å². The number of hydrazone groups is 1. The van der Waals surface area contributed by atoms with Crippen molar-refractivity contribution in [2.45, 2.75) is 6.42 Å². The number of carbonyl (C=O) groups is 1. The smallest absolute Gasteiger partial charge is 0.270 e. The van der Waals surface area contributed by atoms with Crippen LogP contribution in [0, 0.1) is 10.1 Å². The number of furan rings is 1. The summed E-state index contributed by atoms with van der Waals surface area (Å²) >= 11 is 3.53. The predicted octanol–water partition coefficient (Wildman–Crippen LogP) is 5.46. The van der Waals surface area contributed by atoms with Crippen LogP contribution in [0.3, 0.4) is 0 Å². The van der Waals surface area contributed by atoms with Crippen LogP contribution in [0.4, 0.5) is 5.69 Å². The van der Waals surface area contributed by atoms with Gasteiger partial charge in [-0.2, -0.15) is 5.10 Å². The van der Waals surface area contributed by atoms with Crippen molar-refractivity contribution >= 4 is 44.5 Å². The van der Waals surface area contributed by atoms with Gasteiger partial charge in [-0.05, 0) is 34.5 Å². The molecule has 0 bridgehead atoms. The molecule has 0 aliphatic rings. The quantitative estimate of drug-likeness (QED) is 0.226. The number of nitro benzene ring substituents is 1. The second-order valence-electron chi connectivity index (χ2n) is 6.73. The van der Waals surface area contributed by atoms with Crippen LogP contribution in [-0.4, -0.2) is 17.0 Å². The first-order valence-electron chi connectivity index (χ1n) is 9.34. The minimum Gasteiger partial charge on any atom is -0.455 e. The van der Waals surface area contributed by atoms with Crippen LogP contribution in [0.5, 0.6) is 0 Å². The molecule has 0 saturated heterocycles. The number of hydrogen-bond donors (Lipinski definition) is 1. The van der Waals surface area contributed by atoms with Crippen molar-refractivity contribution in [3.8, 4) is 11.3 Å². The van der Waals surface area contributed by atoms with Gasteiger partial charge in [0, 0.05) is 22.2 Å². The maximum atomic E-state index is 12.3. The van der Waals surface area contributed by atoms with Gasteiger partial charge in [0.1, 0.15) is 11.5 Å². The Morgan fingerprint density at radius 1 is 1.06 bits per heavy atom. The zero-order valence-corrected chi connectivity index (χ0v) is 17.7. The van der Waals surface area contributed by atoms with E-state index in [1.807, 2.05) is 36.4 Å². The van der Waals surface area contributed by atoms with Gasteiger partial charge in [-0.25, -0.2) is 5.43 Å². The van der Waals surface area contributed by atoms with Gasteiger partial charge in [0.2, 0.25) is 5.91 Å². The first kappa shape index (κ1) is 20.5. The molecule has 4 aromatic rings. The van der Waals surface area contributed by atoms with Crippen LogP contribution in [0.25, 0.3) is 22.1 Å². The summed E-state index contributed by atoms with van der Waals surface area (Å²) in [5.41, 5.74) is 3.97. The molecule has 0 radical (unpaired) electrons. The molecule has 1 N–H and O–H groups in total. The summed E-state index contributed by atoms with van der Waals surface area (Å²) in [6.07, 6.45) is 1.57. The number of nitrogens with one attached hydrogen (secondary N) is 1. The number of fused-ring (bicyclic) bond motifs is 1. The highest BCUT2D eigenvalue weighted by Crippen LogP contribution is 2.27. The summed E-state index contributed by atoms with van der Waals surface area (Å²) in [6.45, 7) is 0. The molecule has 0 unspecified atom stereocenters. The lowest BCUT2D eigenvalue weighted by molar-refractivity contribution is -0.384. The van der Waals surface area contributed by atoms with Gasteiger partial charge >= 0.3 is 0 Å². The fourth-order valence-corrected chi connectivity index (χ4v) is 3.69. The van der Waals surface area contributed by atoms with Gasteiger partial charge in [0.05, 0.1) is 17.6 Å². The van der Waals surface area contributed by atoms with Crippen molar-refractivity contribution in [1.82, 2.24) is 5.43 Å². The van der Waals surface area contributed by atoms with E-state index in [-0.39, 0.29) is 18.0 Å². The number of nitro groups is 1. The second-order valence-corrected chi connectivity index (χ2v) is 7.59. The fraction of sp³-hybridized carbons (Fsp3) is 0.0435. The summed E-state index contributed by atoms with van der Waals surface area (Å²) in [5, 5.41) is 16.9. The van der Waals surface area contributed by atoms with Crippen LogP contribution in [0.1, 0.15) is 11.3 Å². The fourth-order valence-electron chi connectivity index (χ4n) is 3.21. The molecule has 154 valence electrons. The van der Waals surface area contributed by atoms with E-state index in [4.69, 9.17) is 4.42 Å². The number of carbonyl (C=O) groups excluding carboxylic acids is 1. The number of non-ortho nitro benzene ring substituents is 1. The normalized spacial score (nSPS) is 11.1. The van der Waals surface area contributed by atoms with Crippen LogP contribution in [-0.2, 0) is 11.2 Å². The molecule has 0 atom stereocenters. The van der Waals surface area contributed by atoms with Gasteiger partial charge in [-0.3, -0.25) is 14.9 Å². The molecule has 8 heteroatoms. The molecule has 4 rings (SSSR count). The Bertz CT molecular complexity index is 1310. The molecule has 1 aromatic heterocycles. The van der Waals surface area contributed by atoms with Crippen molar-refractivity contribution in [3.05, 3.63) is 98.7 Å². The Labute approximate surface area is 185 Å². The van der Waals surface area contributed by atoms with Gasteiger partial charge in [-0.15, -0.1) is 0 Å². The minimum atomic E-state index is -0.459. The van der Waals surface area contributed by atoms with Gasteiger partial charge in [0.25, 0.3) is 5.69 Å². The first-order valence-corrected chi connectivity index (χ1v) is 10.1. The zero-order valence-electron chi connectivity index (χ0n) is 16.1. The highest BCUT2D eigenvalue weighted by atomic mass is 79.9. The summed E-state index contributed by atoms with van der Waals surface area (Å²) in [4.78, 5) is 22.8. The summed E-state index contributed by atoms with van der Waals surface area (Å²) in [7, 11) is 0. The molecule has 7 nitrogen and oxygen atoms in total. The molecule has 3 aromatic carbocycles. The Morgan fingerprint density at radius 3 is 2.68 bits per heavy atom. The summed E-state index contributed by atoms with van der Waals surface area (Å²) in [6, 6.07) is 21.2. The number of benzene rings is 3. The van der Waals surface area contributed by atoms with E-state index < -0.39 is 4.92 Å². The molecular weight excluding hydrogens is 462 g/mol. The van der Waals surface area contributed by atoms with Crippen LogP contribution < -0.4 is 5.43 Å². The topological polar surface area (TPSA) is 97.7 Å². The highest BCUT2D eigenvalue weighted by Gasteiger charge is 2.10. The molecule has 1 amide bonds. The Kier molecular flexibility index (Phi) is 5.90. The Balaban J connectivity index is 1.42. The lowest BCUT2D eigenvalue weighted by Gasteiger charge is -2.07. The Morgan fingerprint density at radius 2 is 1.87 bits per heavy atom. The first-order chi connectivity index (χ1) is 15.0. The monoisotopic (exact) mass is 477 g/mol. The average Bonchev–Trinajstić information content (AvgIpc) is 3.25. The molecule has 0 aliphatic carbocycles. The van der Waals surface area contributed by atoms with E-state index in [2.05, 4.69) is 26.5 Å². The molecule has 0 aliphatic heterocycles. The number of hydrogen-bond acceptors (Lipinski definition) is 5. The number of nitrogens with zero attached hydrogens (tertiary/aromatic N) is 2. The maximum absolute atomic E-state index is 12.3. The van der Waals surface area contributed by atoms with Crippen molar-refractivity contribution in [2.75, 3.05) is 0 Å². The minimum absolute atomic E-state index is 0.0168. The van der Waals surface area contributed by atoms with E-state index in [1.165, 1.54) is 18.3 Å². The Hall–Kier alpha value is -3.78. The van der Waals surface area contributed by atoms with Crippen molar-refractivity contribution < 1.29 is 14.1 Å². The molecule has 31 heavy (non-hydrogen) atoms. The van der Waals surface area contributed by atoms with Crippen molar-refractivity contribution in [1.29, 1.82) is 0 Å². The number of halogens is 1. The maximum Gasteiger partial charge on any atom is 0.270 e. The zero-order chi connectivity index (χ0) is 21.8. The van der Waals surface area contributed by atoms with Gasteiger partial charge in [0.15, 0.2) is 0 Å². The molecular formula is C23H16BrN3O4. The van der Waals surface area contributed by atoms with Gasteiger partial charge < -0.3 is 4.42 Å². The lowest BCUT2D eigenvalue weighted by atomic mass is 10.0. The third-order valence-electron chi connectivity index (χ3n) is 4.66. The molecule has 0 fully saturated rings. The molecule has 1 heterocycles. The van der Waals surface area contributed by atoms with E-state index in [1.54, 1.807) is 24.3 Å². The summed E-state index contributed by atoms with van der Waals surface area (Å²) < 4.78 is 6.62. The highest BCUT2D eigenvalue weighted by molar-refractivity contribution is 9.10. The van der Waals surface area contributed by atoms with E-state index in [0.29, 0.717) is 17.1 Å². The third kappa shape index (κ3) is 4.70. The molecule has 0 saturated carbocycles. The number of amides is 1. The molecule has 0 spiro atoms. The van der Waals surface area contributed by atoms with Gasteiger partial charge in [-0.1, -0.05) is 58.4 Å². The van der Waals surface area contributed by atoms with Crippen LogP contribution in [0.2, 0.25) is 0 Å². The standard InChI is InChI=1S/C23H16BrN3O4/c24-21-10-8-15(19-6-1-2-7-20(19)21)13-23(28)26-25-14-18-9-11-22(31-18)16-4-3-5-17(12-16)27(29)30/h1-12,14H,13H2,(H,26,28)/b25-14+. The van der Waals surface area contributed by atoms with E-state index in [0.717, 1.165) is 20.8 Å². The van der Waals surface area contributed by atoms with E-state index in [9.17, 15) is 14.9 Å². The third-order valence-corrected chi connectivity index (χ3v) is 5.35. The SMILES string of the molecule is O=C(Cc1ccc(Br)c2ccccc12)N/N=C/c1ccc(-c2cccc([N+](=O)[O-])c2)o1. The summed E-state index contributed by atoms with van der Waals surface area (Å²) in [5.74, 6) is 0.628. The van der Waals surface area contributed by atoms with E-state index >= 15 is 0 Å². The largest absolute Gasteiger partial charge is 0.455 e. The van der Waals surface area contributed by atoms with Crippen LogP contribution in [0.15, 0.2) is 86.8 Å². The lowest BCUT2D eigenvalue weighted by Crippen LogP contribution is -2.19.